The summed E-state index contributed by atoms with van der Waals surface area (Å²) in [5.41, 5.74) is 2.72. The van der Waals surface area contributed by atoms with Gasteiger partial charge in [0.25, 0.3) is 0 Å². The summed E-state index contributed by atoms with van der Waals surface area (Å²) in [6.45, 7) is 5.86. The van der Waals surface area contributed by atoms with Crippen molar-refractivity contribution in [2.75, 3.05) is 0 Å². The van der Waals surface area contributed by atoms with Crippen LogP contribution in [0.3, 0.4) is 0 Å². The summed E-state index contributed by atoms with van der Waals surface area (Å²) in [6.07, 6.45) is 0. The molecule has 1 rings (SSSR count). The van der Waals surface area contributed by atoms with E-state index >= 15 is 0 Å². The van der Waals surface area contributed by atoms with Crippen LogP contribution in [0.4, 0.5) is 0 Å². The van der Waals surface area contributed by atoms with Gasteiger partial charge < -0.3 is 0 Å². The Morgan fingerprint density at radius 3 is 2.73 bits per heavy atom. The first-order valence-corrected chi connectivity index (χ1v) is 5.95. The molecule has 0 amide bonds. The molecule has 0 heterocycles. The van der Waals surface area contributed by atoms with Crippen molar-refractivity contribution in [2.24, 2.45) is 0 Å². The fourth-order valence-corrected chi connectivity index (χ4v) is 2.16. The molecule has 0 aliphatic rings. The van der Waals surface area contributed by atoms with Crippen LogP contribution in [0, 0.1) is 6.92 Å². The maximum absolute atomic E-state index is 3.72. The highest BCUT2D eigenvalue weighted by Gasteiger charge is 1.88. The summed E-state index contributed by atoms with van der Waals surface area (Å²) in [5.74, 6) is 0. The lowest BCUT2D eigenvalue weighted by atomic mass is 10.1. The predicted molar refractivity (Wildman–Crippen MR) is 60.6 cm³/mol. The minimum Gasteiger partial charge on any atom is -0.0937 e. The molecule has 0 nitrogen and oxygen atoms in total. The first-order chi connectivity index (χ1) is 5.34. The van der Waals surface area contributed by atoms with Gasteiger partial charge in [-0.3, -0.25) is 0 Å². The lowest BCUT2D eigenvalue weighted by molar-refractivity contribution is 1.46. The summed E-state index contributed by atoms with van der Waals surface area (Å²) >= 11 is 0.0715. The molecular weight excluding hydrogens is 247 g/mol. The molecule has 0 bridgehead atoms. The van der Waals surface area contributed by atoms with Crippen molar-refractivity contribution < 1.29 is 0 Å². The maximum Gasteiger partial charge on any atom is -0.0171 e. The van der Waals surface area contributed by atoms with Crippen LogP contribution in [0.25, 0.3) is 0 Å². The molecular formula is C10H11I. The Morgan fingerprint density at radius 1 is 1.36 bits per heavy atom. The van der Waals surface area contributed by atoms with Crippen molar-refractivity contribution in [1.29, 1.82) is 0 Å². The number of benzene rings is 1. The van der Waals surface area contributed by atoms with Crippen LogP contribution in [-0.4, -0.2) is 4.01 Å². The lowest BCUT2D eigenvalue weighted by Gasteiger charge is -1.95. The minimum absolute atomic E-state index is 0.0715. The number of halogens is 1. The second-order valence-corrected chi connectivity index (χ2v) is 4.47. The van der Waals surface area contributed by atoms with Crippen LogP contribution in [-0.2, 0) is 0 Å². The summed E-state index contributed by atoms with van der Waals surface area (Å²) in [7, 11) is 0. The molecule has 0 atom stereocenters. The molecule has 11 heavy (non-hydrogen) atoms. The smallest absolute Gasteiger partial charge is 0.0171 e. The quantitative estimate of drug-likeness (QED) is 0.714. The molecule has 1 heteroatoms. The molecule has 58 valence electrons. The van der Waals surface area contributed by atoms with E-state index in [1.54, 1.807) is 0 Å². The van der Waals surface area contributed by atoms with E-state index in [1.165, 1.54) is 11.1 Å². The second kappa shape index (κ2) is 4.44. The van der Waals surface area contributed by atoms with Gasteiger partial charge in [-0.05, 0) is 26.1 Å². The third-order valence-electron chi connectivity index (χ3n) is 1.46. The van der Waals surface area contributed by atoms with Crippen molar-refractivity contribution >= 4 is 24.7 Å². The van der Waals surface area contributed by atoms with Crippen molar-refractivity contribution in [1.82, 2.24) is 0 Å². The Hall–Kier alpha value is -0.440. The Labute approximate surface area is 77.7 Å². The van der Waals surface area contributed by atoms with E-state index in [9.17, 15) is 0 Å². The zero-order valence-electron chi connectivity index (χ0n) is 6.55. The fraction of sp³-hybridized carbons (Fsp3) is 0.100. The first-order valence-electron chi connectivity index (χ1n) is 3.46. The van der Waals surface area contributed by atoms with Crippen LogP contribution in [0.2, 0.25) is 0 Å². The Bertz CT molecular complexity index is 274. The third-order valence-corrected chi connectivity index (χ3v) is 3.00. The zero-order valence-corrected chi connectivity index (χ0v) is 8.71. The molecule has 0 aliphatic carbocycles. The predicted octanol–water partition coefficient (Wildman–Crippen LogP) is 3.26. The van der Waals surface area contributed by atoms with E-state index in [-0.39, 0.29) is 20.7 Å². The lowest BCUT2D eigenvalue weighted by Crippen LogP contribution is -1.81. The monoisotopic (exact) mass is 258 g/mol. The SMILES string of the molecule is C=CI=Cc1ccccc1C. The number of aryl methyl sites for hydroxylation is 1. The summed E-state index contributed by atoms with van der Waals surface area (Å²) in [4.78, 5) is 0. The van der Waals surface area contributed by atoms with Gasteiger partial charge in [0, 0.05) is 0 Å². The summed E-state index contributed by atoms with van der Waals surface area (Å²) < 4.78 is 4.31. The molecule has 0 unspecified atom stereocenters. The van der Waals surface area contributed by atoms with Gasteiger partial charge in [-0.15, -0.1) is 0 Å². The van der Waals surface area contributed by atoms with Gasteiger partial charge in [0.2, 0.25) is 0 Å². The van der Waals surface area contributed by atoms with Crippen molar-refractivity contribution in [3.63, 3.8) is 0 Å². The average molecular weight is 258 g/mol. The zero-order chi connectivity index (χ0) is 8.10. The Morgan fingerprint density at radius 2 is 2.09 bits per heavy atom. The van der Waals surface area contributed by atoms with E-state index in [2.05, 4.69) is 41.8 Å². The largest absolute Gasteiger partial charge is 0.0937 e. The second-order valence-electron chi connectivity index (χ2n) is 2.25. The molecule has 0 aromatic heterocycles. The van der Waals surface area contributed by atoms with Crippen LogP contribution in [0.1, 0.15) is 11.1 Å². The molecule has 0 N–H and O–H groups in total. The van der Waals surface area contributed by atoms with E-state index in [4.69, 9.17) is 0 Å². The summed E-state index contributed by atoms with van der Waals surface area (Å²) in [5, 5.41) is 0. The molecule has 0 saturated carbocycles. The Balaban J connectivity index is 2.94. The van der Waals surface area contributed by atoms with Gasteiger partial charge in [0.1, 0.15) is 0 Å². The van der Waals surface area contributed by atoms with E-state index in [0.717, 1.165) is 0 Å². The van der Waals surface area contributed by atoms with E-state index in [0.29, 0.717) is 0 Å². The van der Waals surface area contributed by atoms with Crippen molar-refractivity contribution in [3.8, 4) is 0 Å². The minimum atomic E-state index is 0.0715. The molecule has 1 aromatic rings. The normalized spacial score (nSPS) is 11.0. The van der Waals surface area contributed by atoms with Gasteiger partial charge in [-0.25, -0.2) is 0 Å². The van der Waals surface area contributed by atoms with Gasteiger partial charge in [0.05, 0.1) is 0 Å². The number of hydrogen-bond donors (Lipinski definition) is 0. The maximum atomic E-state index is 3.72. The average Bonchev–Trinajstić information content (AvgIpc) is 2.03. The molecule has 0 aliphatic heterocycles. The highest BCUT2D eigenvalue weighted by molar-refractivity contribution is 14.2. The van der Waals surface area contributed by atoms with Gasteiger partial charge in [-0.1, -0.05) is 51.6 Å². The molecule has 0 spiro atoms. The van der Waals surface area contributed by atoms with E-state index < -0.39 is 0 Å². The first kappa shape index (κ1) is 8.65. The molecule has 0 radical (unpaired) electrons. The fourth-order valence-electron chi connectivity index (χ4n) is 0.822. The summed E-state index contributed by atoms with van der Waals surface area (Å²) in [6, 6.07) is 8.43. The highest BCUT2D eigenvalue weighted by Crippen LogP contribution is 2.07. The van der Waals surface area contributed by atoms with Crippen LogP contribution < -0.4 is 0 Å². The van der Waals surface area contributed by atoms with Crippen molar-refractivity contribution in [3.05, 3.63) is 46.1 Å². The van der Waals surface area contributed by atoms with Gasteiger partial charge in [-0.2, -0.15) is 0 Å². The third kappa shape index (κ3) is 2.58. The molecule has 0 saturated heterocycles. The highest BCUT2D eigenvalue weighted by atomic mass is 127. The number of hydrogen-bond acceptors (Lipinski definition) is 0. The van der Waals surface area contributed by atoms with Crippen molar-refractivity contribution in [2.45, 2.75) is 6.92 Å². The van der Waals surface area contributed by atoms with Gasteiger partial charge in [0.15, 0.2) is 0 Å². The molecule has 0 fully saturated rings. The van der Waals surface area contributed by atoms with Crippen LogP contribution in [0.5, 0.6) is 0 Å². The van der Waals surface area contributed by atoms with Crippen LogP contribution in [0.15, 0.2) is 34.9 Å². The van der Waals surface area contributed by atoms with E-state index in [1.807, 2.05) is 4.08 Å². The molecule has 1 aromatic carbocycles. The van der Waals surface area contributed by atoms with Gasteiger partial charge >= 0.3 is 0 Å². The van der Waals surface area contributed by atoms with Crippen LogP contribution >= 0.6 is 20.7 Å². The standard InChI is InChI=1S/C10H11I/c1-3-11-8-10-7-5-4-6-9(10)2/h3-8H,1H2,2H3. The number of rotatable bonds is 2. The Kier molecular flexibility index (Phi) is 3.49. The topological polar surface area (TPSA) is 0 Å².